The summed E-state index contributed by atoms with van der Waals surface area (Å²) < 4.78 is 5.35. The van der Waals surface area contributed by atoms with Crippen molar-refractivity contribution in [3.05, 3.63) is 53.2 Å². The maximum absolute atomic E-state index is 11.2. The summed E-state index contributed by atoms with van der Waals surface area (Å²) in [6.07, 6.45) is 0. The molecule has 4 nitrogen and oxygen atoms in total. The molecule has 0 saturated heterocycles. The minimum atomic E-state index is -0.682. The van der Waals surface area contributed by atoms with Crippen molar-refractivity contribution in [1.82, 2.24) is 0 Å². The average molecular weight is 287 g/mol. The first-order chi connectivity index (χ1) is 9.58. The highest BCUT2D eigenvalue weighted by Crippen LogP contribution is 2.34. The van der Waals surface area contributed by atoms with Crippen molar-refractivity contribution in [3.63, 3.8) is 0 Å². The van der Waals surface area contributed by atoms with E-state index in [9.17, 15) is 4.79 Å². The molecule has 2 aromatic carbocycles. The largest absolute Gasteiger partial charge is 0.449 e. The summed E-state index contributed by atoms with van der Waals surface area (Å²) in [5.41, 5.74) is 13.7. The minimum absolute atomic E-state index is 0.0173. The number of nitrogen functional groups attached to an aromatic ring is 1. The highest BCUT2D eigenvalue weighted by atomic mass is 35.5. The molecule has 1 amide bonds. The third-order valence-corrected chi connectivity index (χ3v) is 3.46. The van der Waals surface area contributed by atoms with Gasteiger partial charge in [-0.3, -0.25) is 4.79 Å². The van der Waals surface area contributed by atoms with Gasteiger partial charge < -0.3 is 15.9 Å². The number of furan rings is 1. The Hall–Kier alpha value is -2.46. The maximum atomic E-state index is 11.2. The Morgan fingerprint density at radius 3 is 2.60 bits per heavy atom. The SMILES string of the molecule is NC(=O)c1oc2ccc(-c3ccccc3Cl)cc2c1N. The van der Waals surface area contributed by atoms with E-state index in [2.05, 4.69) is 0 Å². The van der Waals surface area contributed by atoms with Crippen LogP contribution in [0.25, 0.3) is 22.1 Å². The summed E-state index contributed by atoms with van der Waals surface area (Å²) in [4.78, 5) is 11.2. The minimum Gasteiger partial charge on any atom is -0.449 e. The van der Waals surface area contributed by atoms with E-state index < -0.39 is 5.91 Å². The lowest BCUT2D eigenvalue weighted by Crippen LogP contribution is -2.11. The molecular formula is C15H11ClN2O2. The zero-order valence-corrected chi connectivity index (χ0v) is 11.1. The summed E-state index contributed by atoms with van der Waals surface area (Å²) >= 11 is 6.18. The average Bonchev–Trinajstić information content (AvgIpc) is 2.76. The molecule has 4 N–H and O–H groups in total. The summed E-state index contributed by atoms with van der Waals surface area (Å²) in [5.74, 6) is -0.700. The van der Waals surface area contributed by atoms with Crippen LogP contribution in [0.2, 0.25) is 5.02 Å². The van der Waals surface area contributed by atoms with Crippen molar-refractivity contribution in [2.24, 2.45) is 5.73 Å². The van der Waals surface area contributed by atoms with E-state index in [0.29, 0.717) is 16.0 Å². The number of rotatable bonds is 2. The topological polar surface area (TPSA) is 82.2 Å². The van der Waals surface area contributed by atoms with Gasteiger partial charge in [0, 0.05) is 16.0 Å². The number of primary amides is 1. The molecule has 3 rings (SSSR count). The van der Waals surface area contributed by atoms with E-state index in [0.717, 1.165) is 11.1 Å². The van der Waals surface area contributed by atoms with E-state index >= 15 is 0 Å². The lowest BCUT2D eigenvalue weighted by molar-refractivity contribution is 0.0977. The molecule has 1 aromatic heterocycles. The quantitative estimate of drug-likeness (QED) is 0.757. The van der Waals surface area contributed by atoms with Crippen LogP contribution in [0.5, 0.6) is 0 Å². The molecule has 0 atom stereocenters. The Kier molecular flexibility index (Phi) is 2.88. The number of nitrogens with two attached hydrogens (primary N) is 2. The van der Waals surface area contributed by atoms with Gasteiger partial charge in [0.1, 0.15) is 5.58 Å². The molecular weight excluding hydrogens is 276 g/mol. The van der Waals surface area contributed by atoms with Crippen molar-refractivity contribution >= 4 is 34.2 Å². The number of fused-ring (bicyclic) bond motifs is 1. The molecule has 3 aromatic rings. The molecule has 0 saturated carbocycles. The monoisotopic (exact) mass is 286 g/mol. The van der Waals surface area contributed by atoms with Crippen LogP contribution in [-0.2, 0) is 0 Å². The third kappa shape index (κ3) is 1.90. The van der Waals surface area contributed by atoms with Crippen LogP contribution in [0, 0.1) is 0 Å². The van der Waals surface area contributed by atoms with Gasteiger partial charge >= 0.3 is 0 Å². The van der Waals surface area contributed by atoms with Crippen molar-refractivity contribution in [2.45, 2.75) is 0 Å². The molecule has 20 heavy (non-hydrogen) atoms. The number of carbonyl (C=O) groups is 1. The first-order valence-electron chi connectivity index (χ1n) is 5.94. The molecule has 0 bridgehead atoms. The second-order valence-electron chi connectivity index (χ2n) is 4.40. The summed E-state index contributed by atoms with van der Waals surface area (Å²) in [6, 6.07) is 12.9. The van der Waals surface area contributed by atoms with Gasteiger partial charge in [0.05, 0.1) is 5.69 Å². The number of halogens is 1. The second kappa shape index (κ2) is 4.58. The van der Waals surface area contributed by atoms with E-state index in [1.54, 1.807) is 6.07 Å². The maximum Gasteiger partial charge on any atom is 0.286 e. The van der Waals surface area contributed by atoms with Crippen LogP contribution < -0.4 is 11.5 Å². The zero-order valence-electron chi connectivity index (χ0n) is 10.4. The summed E-state index contributed by atoms with van der Waals surface area (Å²) in [6.45, 7) is 0. The van der Waals surface area contributed by atoms with Crippen molar-refractivity contribution in [2.75, 3.05) is 5.73 Å². The second-order valence-corrected chi connectivity index (χ2v) is 4.81. The number of hydrogen-bond donors (Lipinski definition) is 2. The highest BCUT2D eigenvalue weighted by molar-refractivity contribution is 6.33. The van der Waals surface area contributed by atoms with Crippen LogP contribution >= 0.6 is 11.6 Å². The number of anilines is 1. The predicted molar refractivity (Wildman–Crippen MR) is 79.6 cm³/mol. The fraction of sp³-hybridized carbons (Fsp3) is 0. The molecule has 100 valence electrons. The number of amides is 1. The van der Waals surface area contributed by atoms with Gasteiger partial charge in [0.2, 0.25) is 5.76 Å². The third-order valence-electron chi connectivity index (χ3n) is 3.14. The van der Waals surface area contributed by atoms with Crippen molar-refractivity contribution < 1.29 is 9.21 Å². The van der Waals surface area contributed by atoms with Gasteiger partial charge in [-0.25, -0.2) is 0 Å². The molecule has 0 aliphatic carbocycles. The van der Waals surface area contributed by atoms with Gasteiger partial charge in [0.15, 0.2) is 0 Å². The van der Waals surface area contributed by atoms with E-state index in [1.165, 1.54) is 0 Å². The zero-order chi connectivity index (χ0) is 14.3. The summed E-state index contributed by atoms with van der Waals surface area (Å²) in [5, 5.41) is 1.29. The fourth-order valence-electron chi connectivity index (χ4n) is 2.16. The van der Waals surface area contributed by atoms with E-state index in [1.807, 2.05) is 36.4 Å². The van der Waals surface area contributed by atoms with Crippen LogP contribution in [0.3, 0.4) is 0 Å². The molecule has 0 aliphatic heterocycles. The van der Waals surface area contributed by atoms with Crippen molar-refractivity contribution in [3.8, 4) is 11.1 Å². The van der Waals surface area contributed by atoms with Crippen LogP contribution in [0.1, 0.15) is 10.6 Å². The number of carbonyl (C=O) groups excluding carboxylic acids is 1. The standard InChI is InChI=1S/C15H11ClN2O2/c16-11-4-2-1-3-9(11)8-5-6-12-10(7-8)13(17)14(20-12)15(18)19/h1-7H,17H2,(H2,18,19). The Morgan fingerprint density at radius 2 is 1.90 bits per heavy atom. The highest BCUT2D eigenvalue weighted by Gasteiger charge is 2.16. The van der Waals surface area contributed by atoms with Gasteiger partial charge in [-0.1, -0.05) is 35.9 Å². The molecule has 0 aliphatic rings. The molecule has 0 unspecified atom stereocenters. The van der Waals surface area contributed by atoms with Crippen LogP contribution in [-0.4, -0.2) is 5.91 Å². The van der Waals surface area contributed by atoms with Gasteiger partial charge in [0.25, 0.3) is 5.91 Å². The van der Waals surface area contributed by atoms with Gasteiger partial charge in [-0.15, -0.1) is 0 Å². The lowest BCUT2D eigenvalue weighted by Gasteiger charge is -2.04. The summed E-state index contributed by atoms with van der Waals surface area (Å²) in [7, 11) is 0. The lowest BCUT2D eigenvalue weighted by atomic mass is 10.0. The first kappa shape index (κ1) is 12.6. The molecule has 0 fully saturated rings. The molecule has 1 heterocycles. The Balaban J connectivity index is 2.23. The fourth-order valence-corrected chi connectivity index (χ4v) is 2.41. The Morgan fingerprint density at radius 1 is 1.15 bits per heavy atom. The molecule has 0 radical (unpaired) electrons. The van der Waals surface area contributed by atoms with Gasteiger partial charge in [-0.05, 0) is 23.8 Å². The number of hydrogen-bond acceptors (Lipinski definition) is 3. The van der Waals surface area contributed by atoms with Gasteiger partial charge in [-0.2, -0.15) is 0 Å². The smallest absolute Gasteiger partial charge is 0.286 e. The van der Waals surface area contributed by atoms with Crippen LogP contribution in [0.4, 0.5) is 5.69 Å². The van der Waals surface area contributed by atoms with E-state index in [4.69, 9.17) is 27.5 Å². The predicted octanol–water partition coefficient (Wildman–Crippen LogP) is 3.43. The number of benzene rings is 2. The Labute approximate surface area is 119 Å². The molecule has 5 heteroatoms. The van der Waals surface area contributed by atoms with Crippen molar-refractivity contribution in [1.29, 1.82) is 0 Å². The Bertz CT molecular complexity index is 824. The first-order valence-corrected chi connectivity index (χ1v) is 6.32. The normalized spacial score (nSPS) is 10.8. The van der Waals surface area contributed by atoms with E-state index in [-0.39, 0.29) is 11.4 Å². The molecule has 0 spiro atoms. The van der Waals surface area contributed by atoms with Crippen LogP contribution in [0.15, 0.2) is 46.9 Å².